The van der Waals surface area contributed by atoms with Gasteiger partial charge in [0.1, 0.15) is 0 Å². The first kappa shape index (κ1) is 17.3. The number of halogens is 2. The van der Waals surface area contributed by atoms with Gasteiger partial charge in [-0.25, -0.2) is 0 Å². The topological polar surface area (TPSA) is 64.1 Å². The maximum atomic E-state index is 12.2. The van der Waals surface area contributed by atoms with E-state index in [0.29, 0.717) is 16.4 Å². The minimum atomic E-state index is -0.352. The number of aromatic nitrogens is 2. The molecule has 5 nitrogen and oxygen atoms in total. The minimum absolute atomic E-state index is 0.275. The van der Waals surface area contributed by atoms with Crippen LogP contribution in [-0.4, -0.2) is 29.0 Å². The van der Waals surface area contributed by atoms with E-state index in [1.165, 1.54) is 30.6 Å². The molecule has 2 rings (SSSR count). The van der Waals surface area contributed by atoms with Crippen molar-refractivity contribution in [3.05, 3.63) is 27.7 Å². The molecule has 1 N–H and O–H groups in total. The lowest BCUT2D eigenvalue weighted by atomic mass is 10.2. The van der Waals surface area contributed by atoms with Crippen LogP contribution in [0.15, 0.2) is 16.5 Å². The van der Waals surface area contributed by atoms with Crippen molar-refractivity contribution in [1.82, 2.24) is 10.2 Å². The van der Waals surface area contributed by atoms with Gasteiger partial charge in [0.25, 0.3) is 5.91 Å². The van der Waals surface area contributed by atoms with Crippen molar-refractivity contribution in [2.45, 2.75) is 17.7 Å². The maximum absolute atomic E-state index is 12.2. The third kappa shape index (κ3) is 4.25. The third-order valence-electron chi connectivity index (χ3n) is 2.52. The first-order valence-corrected chi connectivity index (χ1v) is 8.91. The van der Waals surface area contributed by atoms with Crippen molar-refractivity contribution in [3.8, 4) is 5.75 Å². The molecule has 0 radical (unpaired) electrons. The lowest BCUT2D eigenvalue weighted by molar-refractivity contribution is 0.102. The van der Waals surface area contributed by atoms with Crippen molar-refractivity contribution < 1.29 is 9.53 Å². The van der Waals surface area contributed by atoms with Gasteiger partial charge < -0.3 is 4.74 Å². The Morgan fingerprint density at radius 3 is 2.64 bits per heavy atom. The van der Waals surface area contributed by atoms with Crippen LogP contribution in [0.1, 0.15) is 23.7 Å². The number of hydrogen-bond donors (Lipinski definition) is 1. The first-order chi connectivity index (χ1) is 10.5. The predicted octanol–water partition coefficient (Wildman–Crippen LogP) is 4.61. The summed E-state index contributed by atoms with van der Waals surface area (Å²) < 4.78 is 5.87. The second-order valence-electron chi connectivity index (χ2n) is 4.15. The zero-order chi connectivity index (χ0) is 16.1. The Kier molecular flexibility index (Phi) is 6.31. The Hall–Kier alpha value is -1.02. The SMILES string of the molecule is CCCSc1nnc(NC(=O)c2cc(Cl)c(OC)c(Cl)c2)s1. The number of amides is 1. The van der Waals surface area contributed by atoms with Crippen molar-refractivity contribution in [2.24, 2.45) is 0 Å². The second-order valence-corrected chi connectivity index (χ2v) is 7.28. The van der Waals surface area contributed by atoms with Crippen LogP contribution in [0.5, 0.6) is 5.75 Å². The number of carbonyl (C=O) groups excluding carboxylic acids is 1. The van der Waals surface area contributed by atoms with Crippen LogP contribution in [0.4, 0.5) is 5.13 Å². The van der Waals surface area contributed by atoms with Gasteiger partial charge in [-0.15, -0.1) is 10.2 Å². The largest absolute Gasteiger partial charge is 0.494 e. The molecule has 0 fully saturated rings. The fourth-order valence-corrected chi connectivity index (χ4v) is 3.88. The van der Waals surface area contributed by atoms with Crippen molar-refractivity contribution in [1.29, 1.82) is 0 Å². The Bertz CT molecular complexity index is 656. The van der Waals surface area contributed by atoms with Crippen LogP contribution in [-0.2, 0) is 0 Å². The molecule has 0 unspecified atom stereocenters. The van der Waals surface area contributed by atoms with Gasteiger partial charge in [-0.3, -0.25) is 10.1 Å². The summed E-state index contributed by atoms with van der Waals surface area (Å²) in [7, 11) is 1.46. The molecule has 2 aromatic rings. The average Bonchev–Trinajstić information content (AvgIpc) is 2.92. The fraction of sp³-hybridized carbons (Fsp3) is 0.308. The van der Waals surface area contributed by atoms with Crippen LogP contribution in [0.3, 0.4) is 0 Å². The number of rotatable bonds is 6. The van der Waals surface area contributed by atoms with Crippen molar-refractivity contribution in [2.75, 3.05) is 18.2 Å². The molecule has 0 aliphatic carbocycles. The highest BCUT2D eigenvalue weighted by atomic mass is 35.5. The van der Waals surface area contributed by atoms with Crippen molar-refractivity contribution >= 4 is 57.3 Å². The van der Waals surface area contributed by atoms with Crippen LogP contribution in [0, 0.1) is 0 Å². The van der Waals surface area contributed by atoms with Gasteiger partial charge in [0.15, 0.2) is 10.1 Å². The Morgan fingerprint density at radius 1 is 1.36 bits per heavy atom. The molecular formula is C13H13Cl2N3O2S2. The normalized spacial score (nSPS) is 10.5. The first-order valence-electron chi connectivity index (χ1n) is 6.35. The summed E-state index contributed by atoms with van der Waals surface area (Å²) in [6.45, 7) is 2.09. The van der Waals surface area contributed by atoms with Gasteiger partial charge in [0, 0.05) is 11.3 Å². The zero-order valence-corrected chi connectivity index (χ0v) is 15.0. The molecule has 0 saturated heterocycles. The quantitative estimate of drug-likeness (QED) is 0.588. The average molecular weight is 378 g/mol. The highest BCUT2D eigenvalue weighted by Crippen LogP contribution is 2.34. The number of methoxy groups -OCH3 is 1. The lowest BCUT2D eigenvalue weighted by Gasteiger charge is -2.08. The summed E-state index contributed by atoms with van der Waals surface area (Å²) in [5.41, 5.74) is 0.328. The van der Waals surface area contributed by atoms with E-state index in [0.717, 1.165) is 16.5 Å². The summed E-state index contributed by atoms with van der Waals surface area (Å²) in [6.07, 6.45) is 1.05. The highest BCUT2D eigenvalue weighted by Gasteiger charge is 2.15. The van der Waals surface area contributed by atoms with Crippen LogP contribution >= 0.6 is 46.3 Å². The number of carbonyl (C=O) groups is 1. The van der Waals surface area contributed by atoms with Gasteiger partial charge >= 0.3 is 0 Å². The Labute approximate surface area is 146 Å². The van der Waals surface area contributed by atoms with E-state index in [2.05, 4.69) is 22.4 Å². The summed E-state index contributed by atoms with van der Waals surface area (Å²) in [4.78, 5) is 12.2. The number of hydrogen-bond acceptors (Lipinski definition) is 6. The molecular weight excluding hydrogens is 365 g/mol. The molecule has 0 aliphatic rings. The van der Waals surface area contributed by atoms with E-state index < -0.39 is 0 Å². The number of nitrogens with one attached hydrogen (secondary N) is 1. The number of ether oxygens (including phenoxy) is 1. The molecule has 1 aromatic carbocycles. The number of nitrogens with zero attached hydrogens (tertiary/aromatic N) is 2. The van der Waals surface area contributed by atoms with E-state index >= 15 is 0 Å². The van der Waals surface area contributed by atoms with Crippen molar-refractivity contribution in [3.63, 3.8) is 0 Å². The standard InChI is InChI=1S/C13H13Cl2N3O2S2/c1-3-4-21-13-18-17-12(22-13)16-11(19)7-5-8(14)10(20-2)9(15)6-7/h5-6H,3-4H2,1-2H3,(H,16,17,19). The smallest absolute Gasteiger partial charge is 0.257 e. The maximum Gasteiger partial charge on any atom is 0.257 e. The molecule has 22 heavy (non-hydrogen) atoms. The molecule has 0 atom stereocenters. The van der Waals surface area contributed by atoms with Crippen LogP contribution < -0.4 is 10.1 Å². The monoisotopic (exact) mass is 377 g/mol. The Balaban J connectivity index is 2.10. The van der Waals surface area contributed by atoms with Crippen LogP contribution in [0.25, 0.3) is 0 Å². The number of anilines is 1. The molecule has 1 heterocycles. The van der Waals surface area contributed by atoms with Gasteiger partial charge in [-0.2, -0.15) is 0 Å². The predicted molar refractivity (Wildman–Crippen MR) is 91.9 cm³/mol. The summed E-state index contributed by atoms with van der Waals surface area (Å²) in [6, 6.07) is 2.99. The molecule has 0 bridgehead atoms. The molecule has 0 aliphatic heterocycles. The molecule has 0 saturated carbocycles. The van der Waals surface area contributed by atoms with Crippen LogP contribution in [0.2, 0.25) is 10.0 Å². The van der Waals surface area contributed by atoms with Gasteiger partial charge in [-0.1, -0.05) is 53.2 Å². The van der Waals surface area contributed by atoms with E-state index in [1.807, 2.05) is 0 Å². The van der Waals surface area contributed by atoms with Gasteiger partial charge in [0.05, 0.1) is 17.2 Å². The fourth-order valence-electron chi connectivity index (χ4n) is 1.56. The van der Waals surface area contributed by atoms with E-state index in [1.54, 1.807) is 11.8 Å². The number of benzene rings is 1. The van der Waals surface area contributed by atoms with Gasteiger partial charge in [-0.05, 0) is 18.6 Å². The third-order valence-corrected chi connectivity index (χ3v) is 5.26. The second kappa shape index (κ2) is 8.01. The van der Waals surface area contributed by atoms with Gasteiger partial charge in [0.2, 0.25) is 5.13 Å². The van der Waals surface area contributed by atoms with E-state index in [9.17, 15) is 4.79 Å². The van der Waals surface area contributed by atoms with E-state index in [4.69, 9.17) is 27.9 Å². The summed E-state index contributed by atoms with van der Waals surface area (Å²) in [5.74, 6) is 0.954. The molecule has 0 spiro atoms. The highest BCUT2D eigenvalue weighted by molar-refractivity contribution is 8.01. The van der Waals surface area contributed by atoms with E-state index in [-0.39, 0.29) is 16.0 Å². The zero-order valence-electron chi connectivity index (χ0n) is 11.9. The molecule has 1 amide bonds. The molecule has 118 valence electrons. The summed E-state index contributed by atoms with van der Waals surface area (Å²) >= 11 is 15.0. The number of thioether (sulfide) groups is 1. The minimum Gasteiger partial charge on any atom is -0.494 e. The lowest BCUT2D eigenvalue weighted by Crippen LogP contribution is -2.12. The summed E-state index contributed by atoms with van der Waals surface area (Å²) in [5, 5.41) is 11.6. The molecule has 1 aromatic heterocycles. The molecule has 9 heteroatoms. The Morgan fingerprint density at radius 2 is 2.05 bits per heavy atom.